The summed E-state index contributed by atoms with van der Waals surface area (Å²) < 4.78 is 4.38. The first-order chi connectivity index (χ1) is 26.6. The van der Waals surface area contributed by atoms with Gasteiger partial charge in [0, 0.05) is 25.2 Å². The van der Waals surface area contributed by atoms with Crippen molar-refractivity contribution < 1.29 is 0 Å². The van der Waals surface area contributed by atoms with Crippen LogP contribution in [0.15, 0.2) is 164 Å². The molecule has 0 spiro atoms. The molecule has 4 nitrogen and oxygen atoms in total. The van der Waals surface area contributed by atoms with Crippen molar-refractivity contribution in [1.29, 1.82) is 0 Å². The molecule has 4 heteroatoms. The topological polar surface area (TPSA) is 35.6 Å². The first-order valence-corrected chi connectivity index (χ1v) is 18.7. The zero-order valence-corrected chi connectivity index (χ0v) is 30.4. The Hall–Kier alpha value is -6.78. The van der Waals surface area contributed by atoms with E-state index in [4.69, 9.17) is 9.97 Å². The molecule has 0 radical (unpaired) electrons. The Morgan fingerprint density at radius 1 is 0.444 bits per heavy atom. The number of allylic oxidation sites excluding steroid dienone is 1. The number of rotatable bonds is 6. The number of para-hydroxylation sites is 2. The van der Waals surface area contributed by atoms with E-state index in [1.54, 1.807) is 0 Å². The quantitative estimate of drug-likeness (QED) is 0.174. The van der Waals surface area contributed by atoms with Gasteiger partial charge in [-0.2, -0.15) is 0 Å². The fourth-order valence-corrected chi connectivity index (χ4v) is 8.17. The largest absolute Gasteiger partial charge is 0.327 e. The highest BCUT2D eigenvalue weighted by Crippen LogP contribution is 2.38. The third kappa shape index (κ3) is 5.46. The van der Waals surface area contributed by atoms with E-state index >= 15 is 0 Å². The molecule has 1 aliphatic carbocycles. The maximum absolute atomic E-state index is 4.97. The van der Waals surface area contributed by atoms with Crippen molar-refractivity contribution in [3.63, 3.8) is 0 Å². The van der Waals surface area contributed by atoms with Crippen molar-refractivity contribution in [2.75, 3.05) is 0 Å². The second-order valence-electron chi connectivity index (χ2n) is 14.3. The van der Waals surface area contributed by atoms with E-state index in [0.29, 0.717) is 0 Å². The van der Waals surface area contributed by atoms with Gasteiger partial charge in [-0.05, 0) is 86.3 Å². The van der Waals surface area contributed by atoms with Crippen molar-refractivity contribution in [3.05, 3.63) is 175 Å². The maximum Gasteiger partial charge on any atom is 0.140 e. The van der Waals surface area contributed by atoms with Crippen molar-refractivity contribution in [1.82, 2.24) is 19.1 Å². The average molecular weight is 695 g/mol. The molecule has 9 aromatic rings. The number of benzene rings is 7. The Morgan fingerprint density at radius 2 is 0.926 bits per heavy atom. The van der Waals surface area contributed by atoms with E-state index < -0.39 is 0 Å². The second kappa shape index (κ2) is 13.0. The average Bonchev–Trinajstić information content (AvgIpc) is 3.76. The molecule has 0 fully saturated rings. The lowest BCUT2D eigenvalue weighted by molar-refractivity contribution is 0.891. The molecule has 0 saturated heterocycles. The van der Waals surface area contributed by atoms with Crippen LogP contribution in [-0.2, 0) is 20.5 Å². The van der Waals surface area contributed by atoms with Crippen LogP contribution in [0.4, 0.5) is 0 Å². The number of imidazole rings is 2. The Labute approximate surface area is 315 Å². The fourth-order valence-electron chi connectivity index (χ4n) is 8.17. The van der Waals surface area contributed by atoms with Gasteiger partial charge in [-0.1, -0.05) is 152 Å². The second-order valence-corrected chi connectivity index (χ2v) is 14.3. The molecule has 0 unspecified atom stereocenters. The molecular formula is C50H38N4. The van der Waals surface area contributed by atoms with Gasteiger partial charge in [0.1, 0.15) is 11.6 Å². The van der Waals surface area contributed by atoms with Crippen molar-refractivity contribution in [2.45, 2.75) is 12.8 Å². The van der Waals surface area contributed by atoms with E-state index in [0.717, 1.165) is 46.7 Å². The molecule has 2 heterocycles. The van der Waals surface area contributed by atoms with Crippen LogP contribution in [0.3, 0.4) is 0 Å². The summed E-state index contributed by atoms with van der Waals surface area (Å²) in [7, 11) is 4.19. The monoisotopic (exact) mass is 694 g/mol. The molecule has 258 valence electrons. The predicted octanol–water partition coefficient (Wildman–Crippen LogP) is 12.4. The molecule has 10 rings (SSSR count). The molecule has 0 atom stereocenters. The van der Waals surface area contributed by atoms with E-state index in [1.165, 1.54) is 66.7 Å². The van der Waals surface area contributed by atoms with Crippen molar-refractivity contribution in [2.24, 2.45) is 14.1 Å². The molecule has 0 amide bonds. The van der Waals surface area contributed by atoms with Crippen LogP contribution < -0.4 is 0 Å². The standard InChI is InChI=1S/C50H38N4/c1-53-46-15-5-3-13-44(46)51-49(53)40-29-21-35(22-30-40)33-17-25-37(26-18-33)42-11-7-9-39-10-8-12-43(48(39)42)38-27-19-34(20-28-38)36-23-31-41(32-24-36)50-52-45-14-4-6-16-47(45)54(50)2/h3,5-13,15-32H,4,14H2,1-2H3. The lowest BCUT2D eigenvalue weighted by atomic mass is 9.90. The lowest BCUT2D eigenvalue weighted by Gasteiger charge is -2.14. The number of nitrogens with zero attached hydrogens (tertiary/aromatic N) is 4. The lowest BCUT2D eigenvalue weighted by Crippen LogP contribution is -1.98. The Balaban J connectivity index is 0.921. The molecule has 0 N–H and O–H groups in total. The number of hydrogen-bond donors (Lipinski definition) is 0. The third-order valence-corrected chi connectivity index (χ3v) is 11.1. The molecular weight excluding hydrogens is 657 g/mol. The summed E-state index contributed by atoms with van der Waals surface area (Å²) >= 11 is 0. The molecule has 1 aliphatic rings. The first kappa shape index (κ1) is 31.9. The fraction of sp³-hybridized carbons (Fsp3) is 0.0800. The smallest absolute Gasteiger partial charge is 0.140 e. The SMILES string of the molecule is Cn1c(-c2ccc(-c3ccc(-c4cccc5cccc(-c6ccc(-c7ccc(-c8nc9ccccc9n8C)cc7)cc6)c45)cc3)cc2)nc2c1C=CCC2. The van der Waals surface area contributed by atoms with Gasteiger partial charge in [0.15, 0.2) is 0 Å². The van der Waals surface area contributed by atoms with Gasteiger partial charge in [-0.15, -0.1) is 0 Å². The van der Waals surface area contributed by atoms with Crippen molar-refractivity contribution >= 4 is 27.9 Å². The van der Waals surface area contributed by atoms with Crippen LogP contribution in [-0.4, -0.2) is 19.1 Å². The van der Waals surface area contributed by atoms with Crippen LogP contribution in [0.25, 0.3) is 95.2 Å². The molecule has 54 heavy (non-hydrogen) atoms. The summed E-state index contributed by atoms with van der Waals surface area (Å²) in [6, 6.07) is 57.1. The summed E-state index contributed by atoms with van der Waals surface area (Å²) in [5.74, 6) is 2.00. The van der Waals surface area contributed by atoms with Crippen LogP contribution in [0.2, 0.25) is 0 Å². The highest BCUT2D eigenvalue weighted by Gasteiger charge is 2.17. The van der Waals surface area contributed by atoms with Gasteiger partial charge in [-0.3, -0.25) is 0 Å². The third-order valence-electron chi connectivity index (χ3n) is 11.1. The minimum absolute atomic E-state index is 0.977. The van der Waals surface area contributed by atoms with Crippen LogP contribution in [0, 0.1) is 0 Å². The number of fused-ring (bicyclic) bond motifs is 3. The molecule has 2 aromatic heterocycles. The minimum Gasteiger partial charge on any atom is -0.327 e. The maximum atomic E-state index is 4.97. The van der Waals surface area contributed by atoms with Crippen LogP contribution >= 0.6 is 0 Å². The van der Waals surface area contributed by atoms with Crippen molar-refractivity contribution in [3.8, 4) is 67.3 Å². The van der Waals surface area contributed by atoms with Gasteiger partial charge >= 0.3 is 0 Å². The summed E-state index contributed by atoms with van der Waals surface area (Å²) in [4.78, 5) is 9.85. The molecule has 0 bridgehead atoms. The highest BCUT2D eigenvalue weighted by molar-refractivity contribution is 6.06. The molecule has 7 aromatic carbocycles. The van der Waals surface area contributed by atoms with E-state index in [-0.39, 0.29) is 0 Å². The van der Waals surface area contributed by atoms with E-state index in [9.17, 15) is 0 Å². The van der Waals surface area contributed by atoms with E-state index in [2.05, 4.69) is 187 Å². The Bertz CT molecular complexity index is 2850. The highest BCUT2D eigenvalue weighted by atomic mass is 15.1. The van der Waals surface area contributed by atoms with Gasteiger partial charge < -0.3 is 9.13 Å². The molecule has 0 saturated carbocycles. The van der Waals surface area contributed by atoms with Gasteiger partial charge in [0.2, 0.25) is 0 Å². The van der Waals surface area contributed by atoms with Gasteiger partial charge in [0.25, 0.3) is 0 Å². The summed E-state index contributed by atoms with van der Waals surface area (Å²) in [5, 5.41) is 2.50. The normalized spacial score (nSPS) is 12.4. The minimum atomic E-state index is 0.977. The molecule has 0 aliphatic heterocycles. The zero-order chi connectivity index (χ0) is 36.2. The summed E-state index contributed by atoms with van der Waals surface area (Å²) in [6.07, 6.45) is 6.51. The Morgan fingerprint density at radius 3 is 1.44 bits per heavy atom. The van der Waals surface area contributed by atoms with Gasteiger partial charge in [-0.25, -0.2) is 9.97 Å². The van der Waals surface area contributed by atoms with E-state index in [1.807, 2.05) is 6.07 Å². The number of aromatic nitrogens is 4. The first-order valence-electron chi connectivity index (χ1n) is 18.7. The number of aryl methyl sites for hydroxylation is 2. The number of hydrogen-bond acceptors (Lipinski definition) is 2. The Kier molecular flexibility index (Phi) is 7.69. The summed E-state index contributed by atoms with van der Waals surface area (Å²) in [6.45, 7) is 0. The summed E-state index contributed by atoms with van der Waals surface area (Å²) in [5.41, 5.74) is 16.5. The zero-order valence-electron chi connectivity index (χ0n) is 30.4. The van der Waals surface area contributed by atoms with Gasteiger partial charge in [0.05, 0.1) is 22.4 Å². The van der Waals surface area contributed by atoms with Crippen LogP contribution in [0.1, 0.15) is 17.8 Å². The predicted molar refractivity (Wildman–Crippen MR) is 225 cm³/mol. The van der Waals surface area contributed by atoms with Crippen LogP contribution in [0.5, 0.6) is 0 Å².